The van der Waals surface area contributed by atoms with Gasteiger partial charge < -0.3 is 30.0 Å². The molecule has 0 amide bonds. The van der Waals surface area contributed by atoms with Crippen molar-refractivity contribution in [3.8, 4) is 28.6 Å². The number of anilines is 3. The second kappa shape index (κ2) is 10.2. The van der Waals surface area contributed by atoms with Gasteiger partial charge in [0.2, 0.25) is 11.7 Å². The van der Waals surface area contributed by atoms with Crippen molar-refractivity contribution in [2.45, 2.75) is 6.42 Å². The SMILES string of the molecule is COc1cc(Nc2ncnc(-c3ccc(NCCCO)nc3)n2)cc(OC)c1OC. The molecule has 10 heteroatoms. The van der Waals surface area contributed by atoms with Gasteiger partial charge in [0.05, 0.1) is 21.3 Å². The van der Waals surface area contributed by atoms with Crippen molar-refractivity contribution in [3.63, 3.8) is 0 Å². The van der Waals surface area contributed by atoms with Gasteiger partial charge in [0.25, 0.3) is 0 Å². The highest BCUT2D eigenvalue weighted by molar-refractivity contribution is 5.66. The fourth-order valence-corrected chi connectivity index (χ4v) is 2.70. The Morgan fingerprint density at radius 3 is 2.33 bits per heavy atom. The highest BCUT2D eigenvalue weighted by Gasteiger charge is 2.14. The summed E-state index contributed by atoms with van der Waals surface area (Å²) in [6, 6.07) is 7.23. The molecule has 0 aliphatic carbocycles. The van der Waals surface area contributed by atoms with Gasteiger partial charge >= 0.3 is 0 Å². The average molecular weight is 412 g/mol. The number of rotatable bonds is 10. The molecule has 0 fully saturated rings. The first-order valence-electron chi connectivity index (χ1n) is 9.25. The molecular formula is C20H24N6O4. The summed E-state index contributed by atoms with van der Waals surface area (Å²) in [5, 5.41) is 15.1. The molecule has 0 saturated carbocycles. The lowest BCUT2D eigenvalue weighted by Crippen LogP contribution is -2.05. The third-order valence-corrected chi connectivity index (χ3v) is 4.16. The lowest BCUT2D eigenvalue weighted by molar-refractivity contribution is 0.292. The lowest BCUT2D eigenvalue weighted by Gasteiger charge is -2.14. The maximum atomic E-state index is 8.84. The number of methoxy groups -OCH3 is 3. The number of ether oxygens (including phenoxy) is 3. The molecule has 0 atom stereocenters. The summed E-state index contributed by atoms with van der Waals surface area (Å²) in [5.74, 6) is 3.09. The second-order valence-corrected chi connectivity index (χ2v) is 6.11. The minimum atomic E-state index is 0.137. The van der Waals surface area contributed by atoms with Crippen molar-refractivity contribution in [2.24, 2.45) is 0 Å². The van der Waals surface area contributed by atoms with E-state index in [1.165, 1.54) is 6.33 Å². The third-order valence-electron chi connectivity index (χ3n) is 4.16. The van der Waals surface area contributed by atoms with Crippen molar-refractivity contribution in [3.05, 3.63) is 36.8 Å². The summed E-state index contributed by atoms with van der Waals surface area (Å²) < 4.78 is 16.1. The standard InChI is InChI=1S/C20H24N6O4/c1-28-15-9-14(10-16(29-2)18(15)30-3)25-20-24-12-23-19(26-20)13-5-6-17(22-11-13)21-7-4-8-27/h5-6,9-12,27H,4,7-8H2,1-3H3,(H,21,22)(H,23,24,25,26). The van der Waals surface area contributed by atoms with Gasteiger partial charge in [-0.15, -0.1) is 0 Å². The number of nitrogens with one attached hydrogen (secondary N) is 2. The first-order valence-corrected chi connectivity index (χ1v) is 9.25. The van der Waals surface area contributed by atoms with Gasteiger partial charge in [-0.1, -0.05) is 0 Å². The molecule has 3 aromatic rings. The summed E-state index contributed by atoms with van der Waals surface area (Å²) in [5.41, 5.74) is 1.42. The van der Waals surface area contributed by atoms with Gasteiger partial charge in [-0.3, -0.25) is 0 Å². The normalized spacial score (nSPS) is 10.4. The van der Waals surface area contributed by atoms with Crippen molar-refractivity contribution in [1.29, 1.82) is 0 Å². The number of aliphatic hydroxyl groups is 1. The van der Waals surface area contributed by atoms with E-state index in [1.54, 1.807) is 39.7 Å². The van der Waals surface area contributed by atoms with Gasteiger partial charge in [0.1, 0.15) is 12.1 Å². The highest BCUT2D eigenvalue weighted by Crippen LogP contribution is 2.40. The monoisotopic (exact) mass is 412 g/mol. The average Bonchev–Trinajstić information content (AvgIpc) is 2.79. The number of aliphatic hydroxyl groups excluding tert-OH is 1. The molecule has 158 valence electrons. The Morgan fingerprint density at radius 1 is 0.967 bits per heavy atom. The summed E-state index contributed by atoms with van der Waals surface area (Å²) in [6.45, 7) is 0.787. The van der Waals surface area contributed by atoms with Gasteiger partial charge in [0.15, 0.2) is 17.3 Å². The van der Waals surface area contributed by atoms with E-state index in [1.807, 2.05) is 12.1 Å². The Hall–Kier alpha value is -3.66. The maximum absolute atomic E-state index is 8.84. The van der Waals surface area contributed by atoms with Gasteiger partial charge in [0, 0.05) is 42.7 Å². The molecule has 0 spiro atoms. The number of hydrogen-bond acceptors (Lipinski definition) is 10. The number of nitrogens with zero attached hydrogens (tertiary/aromatic N) is 4. The van der Waals surface area contributed by atoms with Crippen LogP contribution >= 0.6 is 0 Å². The molecule has 30 heavy (non-hydrogen) atoms. The number of pyridine rings is 1. The predicted molar refractivity (Wildman–Crippen MR) is 113 cm³/mol. The van der Waals surface area contributed by atoms with Crippen molar-refractivity contribution in [1.82, 2.24) is 19.9 Å². The Balaban J connectivity index is 1.79. The topological polar surface area (TPSA) is 124 Å². The number of hydrogen-bond donors (Lipinski definition) is 3. The van der Waals surface area contributed by atoms with Gasteiger partial charge in [-0.25, -0.2) is 15.0 Å². The van der Waals surface area contributed by atoms with Crippen LogP contribution in [0.1, 0.15) is 6.42 Å². The highest BCUT2D eigenvalue weighted by atomic mass is 16.5. The molecule has 0 unspecified atom stereocenters. The zero-order valence-electron chi connectivity index (χ0n) is 17.0. The molecule has 3 rings (SSSR count). The van der Waals surface area contributed by atoms with Crippen LogP contribution in [0.15, 0.2) is 36.8 Å². The van der Waals surface area contributed by atoms with Crippen LogP contribution in [0.25, 0.3) is 11.4 Å². The summed E-state index contributed by atoms with van der Waals surface area (Å²) in [4.78, 5) is 17.2. The smallest absolute Gasteiger partial charge is 0.230 e. The molecule has 1 aromatic carbocycles. The fourth-order valence-electron chi connectivity index (χ4n) is 2.70. The minimum Gasteiger partial charge on any atom is -0.493 e. The van der Waals surface area contributed by atoms with E-state index in [2.05, 4.69) is 30.6 Å². The number of aromatic nitrogens is 4. The van der Waals surface area contributed by atoms with Crippen molar-refractivity contribution in [2.75, 3.05) is 45.1 Å². The van der Waals surface area contributed by atoms with Crippen LogP contribution < -0.4 is 24.8 Å². The van der Waals surface area contributed by atoms with Crippen LogP contribution in [0, 0.1) is 0 Å². The molecule has 10 nitrogen and oxygen atoms in total. The van der Waals surface area contributed by atoms with Crippen LogP contribution in [-0.2, 0) is 0 Å². The second-order valence-electron chi connectivity index (χ2n) is 6.11. The number of benzene rings is 1. The summed E-state index contributed by atoms with van der Waals surface area (Å²) >= 11 is 0. The van der Waals surface area contributed by atoms with Crippen molar-refractivity contribution >= 4 is 17.5 Å². The summed E-state index contributed by atoms with van der Waals surface area (Å²) in [6.07, 6.45) is 3.77. The van der Waals surface area contributed by atoms with E-state index in [4.69, 9.17) is 19.3 Å². The van der Waals surface area contributed by atoms with E-state index in [-0.39, 0.29) is 6.61 Å². The van der Waals surface area contributed by atoms with Crippen LogP contribution in [0.5, 0.6) is 17.2 Å². The van der Waals surface area contributed by atoms with E-state index in [0.29, 0.717) is 47.7 Å². The van der Waals surface area contributed by atoms with E-state index >= 15 is 0 Å². The van der Waals surface area contributed by atoms with Crippen LogP contribution in [0.4, 0.5) is 17.5 Å². The van der Waals surface area contributed by atoms with Gasteiger partial charge in [-0.2, -0.15) is 4.98 Å². The van der Waals surface area contributed by atoms with Crippen LogP contribution in [0.3, 0.4) is 0 Å². The van der Waals surface area contributed by atoms with Crippen molar-refractivity contribution < 1.29 is 19.3 Å². The fraction of sp³-hybridized carbons (Fsp3) is 0.300. The molecule has 0 aliphatic rings. The molecular weight excluding hydrogens is 388 g/mol. The third kappa shape index (κ3) is 5.03. The first kappa shape index (κ1) is 21.1. The van der Waals surface area contributed by atoms with E-state index in [9.17, 15) is 0 Å². The zero-order valence-corrected chi connectivity index (χ0v) is 17.0. The Morgan fingerprint density at radius 2 is 1.73 bits per heavy atom. The molecule has 0 saturated heterocycles. The zero-order chi connectivity index (χ0) is 21.3. The maximum Gasteiger partial charge on any atom is 0.230 e. The Kier molecular flexibility index (Phi) is 7.17. The van der Waals surface area contributed by atoms with E-state index < -0.39 is 0 Å². The van der Waals surface area contributed by atoms with Crippen LogP contribution in [0.2, 0.25) is 0 Å². The van der Waals surface area contributed by atoms with Gasteiger partial charge in [-0.05, 0) is 18.6 Å². The molecule has 0 bridgehead atoms. The quantitative estimate of drug-likeness (QED) is 0.428. The van der Waals surface area contributed by atoms with Crippen LogP contribution in [-0.4, -0.2) is 59.5 Å². The lowest BCUT2D eigenvalue weighted by atomic mass is 10.2. The Bertz CT molecular complexity index is 943. The first-order chi connectivity index (χ1) is 14.7. The van der Waals surface area contributed by atoms with E-state index in [0.717, 1.165) is 11.4 Å². The largest absolute Gasteiger partial charge is 0.493 e. The summed E-state index contributed by atoms with van der Waals surface area (Å²) in [7, 11) is 4.65. The minimum absolute atomic E-state index is 0.137. The molecule has 3 N–H and O–H groups in total. The predicted octanol–water partition coefficient (Wildman–Crippen LogP) is 2.50. The molecule has 2 aromatic heterocycles. The molecule has 2 heterocycles. The molecule has 0 radical (unpaired) electrons. The Labute approximate surface area is 174 Å². The molecule has 0 aliphatic heterocycles.